The third-order valence-electron chi connectivity index (χ3n) is 7.34. The Balaban J connectivity index is 1.25. The Labute approximate surface area is 241 Å². The lowest BCUT2D eigenvalue weighted by Gasteiger charge is -2.26. The van der Waals surface area contributed by atoms with Gasteiger partial charge in [0.2, 0.25) is 0 Å². The SMILES string of the molecule is CN(c1ccc(C#N)cc1)c1ccc(-c2ccc(N(c3ccccc3)c3ccc(-c4ccccc4)cc3)cc2)cc1. The number of nitriles is 1. The molecule has 196 valence electrons. The van der Waals surface area contributed by atoms with Crippen molar-refractivity contribution in [2.24, 2.45) is 0 Å². The molecule has 0 heterocycles. The minimum absolute atomic E-state index is 0.663. The highest BCUT2D eigenvalue weighted by Crippen LogP contribution is 2.37. The maximum absolute atomic E-state index is 9.07. The first-order valence-electron chi connectivity index (χ1n) is 13.6. The molecule has 0 saturated carbocycles. The lowest BCUT2D eigenvalue weighted by Crippen LogP contribution is -2.09. The lowest BCUT2D eigenvalue weighted by molar-refractivity contribution is 1.21. The number of benzene rings is 6. The summed E-state index contributed by atoms with van der Waals surface area (Å²) in [6.07, 6.45) is 0. The van der Waals surface area contributed by atoms with Gasteiger partial charge in [0.1, 0.15) is 0 Å². The zero-order valence-corrected chi connectivity index (χ0v) is 22.9. The standard InChI is InChI=1S/C38H29N3/c1-40(34-20-12-29(28-39)13-21-34)35-22-14-32(15-23-35)33-18-26-38(27-19-33)41(36-10-6-3-7-11-36)37-24-16-31(17-25-37)30-8-4-2-5-9-30/h2-27H,1H3. The Morgan fingerprint density at radius 2 is 0.732 bits per heavy atom. The van der Waals surface area contributed by atoms with Crippen LogP contribution >= 0.6 is 0 Å². The molecular formula is C38H29N3. The maximum Gasteiger partial charge on any atom is 0.0991 e. The van der Waals surface area contributed by atoms with Gasteiger partial charge in [-0.2, -0.15) is 5.26 Å². The fourth-order valence-electron chi connectivity index (χ4n) is 5.05. The van der Waals surface area contributed by atoms with Crippen LogP contribution in [0, 0.1) is 11.3 Å². The first-order chi connectivity index (χ1) is 20.2. The van der Waals surface area contributed by atoms with Crippen molar-refractivity contribution >= 4 is 28.4 Å². The highest BCUT2D eigenvalue weighted by molar-refractivity contribution is 5.80. The van der Waals surface area contributed by atoms with Crippen molar-refractivity contribution in [2.75, 3.05) is 16.8 Å². The maximum atomic E-state index is 9.07. The summed E-state index contributed by atoms with van der Waals surface area (Å²) >= 11 is 0. The summed E-state index contributed by atoms with van der Waals surface area (Å²) in [5.41, 5.74) is 10.8. The van der Waals surface area contributed by atoms with E-state index in [0.29, 0.717) is 5.56 Å². The number of rotatable bonds is 7. The van der Waals surface area contributed by atoms with Crippen LogP contribution in [0.5, 0.6) is 0 Å². The average Bonchev–Trinajstić information content (AvgIpc) is 3.06. The summed E-state index contributed by atoms with van der Waals surface area (Å²) in [6, 6.07) is 56.8. The molecule has 0 aliphatic carbocycles. The topological polar surface area (TPSA) is 30.3 Å². The van der Waals surface area contributed by atoms with E-state index in [4.69, 9.17) is 5.26 Å². The van der Waals surface area contributed by atoms with E-state index >= 15 is 0 Å². The Bertz CT molecular complexity index is 1750. The van der Waals surface area contributed by atoms with Gasteiger partial charge >= 0.3 is 0 Å². The molecule has 0 N–H and O–H groups in total. The van der Waals surface area contributed by atoms with E-state index in [-0.39, 0.29) is 0 Å². The van der Waals surface area contributed by atoms with Gasteiger partial charge in [0, 0.05) is 35.5 Å². The third-order valence-corrected chi connectivity index (χ3v) is 7.34. The molecule has 3 nitrogen and oxygen atoms in total. The van der Waals surface area contributed by atoms with Crippen molar-refractivity contribution in [3.8, 4) is 28.3 Å². The van der Waals surface area contributed by atoms with Crippen LogP contribution in [0.1, 0.15) is 5.56 Å². The van der Waals surface area contributed by atoms with Crippen LogP contribution in [-0.4, -0.2) is 7.05 Å². The van der Waals surface area contributed by atoms with Crippen LogP contribution in [0.2, 0.25) is 0 Å². The summed E-state index contributed by atoms with van der Waals surface area (Å²) in [5, 5.41) is 9.07. The molecule has 0 unspecified atom stereocenters. The quantitative estimate of drug-likeness (QED) is 0.207. The molecule has 0 atom stereocenters. The van der Waals surface area contributed by atoms with E-state index in [1.54, 1.807) is 0 Å². The first-order valence-corrected chi connectivity index (χ1v) is 13.6. The van der Waals surface area contributed by atoms with Gasteiger partial charge in [0.05, 0.1) is 11.6 Å². The number of hydrogen-bond acceptors (Lipinski definition) is 3. The number of nitrogens with zero attached hydrogens (tertiary/aromatic N) is 3. The van der Waals surface area contributed by atoms with Gasteiger partial charge < -0.3 is 9.80 Å². The Hall–Kier alpha value is -5.59. The zero-order valence-electron chi connectivity index (χ0n) is 22.9. The molecule has 0 aliphatic rings. The molecule has 0 bridgehead atoms. The fraction of sp³-hybridized carbons (Fsp3) is 0.0263. The van der Waals surface area contributed by atoms with Gasteiger partial charge in [-0.05, 0) is 95.1 Å². The normalized spacial score (nSPS) is 10.5. The molecule has 0 saturated heterocycles. The number of anilines is 5. The van der Waals surface area contributed by atoms with Gasteiger partial charge in [-0.3, -0.25) is 0 Å². The van der Waals surface area contributed by atoms with E-state index in [1.165, 1.54) is 11.1 Å². The van der Waals surface area contributed by atoms with Crippen LogP contribution in [0.15, 0.2) is 158 Å². The van der Waals surface area contributed by atoms with Gasteiger partial charge in [-0.1, -0.05) is 84.9 Å². The van der Waals surface area contributed by atoms with Gasteiger partial charge in [-0.25, -0.2) is 0 Å². The van der Waals surface area contributed by atoms with Crippen LogP contribution < -0.4 is 9.80 Å². The van der Waals surface area contributed by atoms with Gasteiger partial charge in [-0.15, -0.1) is 0 Å². The Morgan fingerprint density at radius 1 is 0.390 bits per heavy atom. The van der Waals surface area contributed by atoms with Crippen LogP contribution in [0.3, 0.4) is 0 Å². The number of para-hydroxylation sites is 1. The summed E-state index contributed by atoms with van der Waals surface area (Å²) in [4.78, 5) is 4.41. The minimum atomic E-state index is 0.663. The fourth-order valence-corrected chi connectivity index (χ4v) is 5.05. The van der Waals surface area contributed by atoms with Crippen LogP contribution in [0.4, 0.5) is 28.4 Å². The second-order valence-electron chi connectivity index (χ2n) is 9.90. The molecule has 0 amide bonds. The molecule has 0 aromatic heterocycles. The van der Waals surface area contributed by atoms with Crippen molar-refractivity contribution in [1.29, 1.82) is 5.26 Å². The molecule has 6 aromatic rings. The predicted molar refractivity (Wildman–Crippen MR) is 171 cm³/mol. The van der Waals surface area contributed by atoms with Crippen molar-refractivity contribution < 1.29 is 0 Å². The van der Waals surface area contributed by atoms with E-state index < -0.39 is 0 Å². The number of hydrogen-bond donors (Lipinski definition) is 0. The first kappa shape index (κ1) is 25.7. The highest BCUT2D eigenvalue weighted by atomic mass is 15.1. The second-order valence-corrected chi connectivity index (χ2v) is 9.90. The lowest BCUT2D eigenvalue weighted by atomic mass is 10.0. The highest BCUT2D eigenvalue weighted by Gasteiger charge is 2.13. The summed E-state index contributed by atoms with van der Waals surface area (Å²) in [6.45, 7) is 0. The van der Waals surface area contributed by atoms with Crippen molar-refractivity contribution in [1.82, 2.24) is 0 Å². The van der Waals surface area contributed by atoms with E-state index in [9.17, 15) is 0 Å². The Kier molecular flexibility index (Phi) is 7.30. The van der Waals surface area contributed by atoms with Crippen LogP contribution in [-0.2, 0) is 0 Å². The van der Waals surface area contributed by atoms with E-state index in [0.717, 1.165) is 39.6 Å². The molecule has 41 heavy (non-hydrogen) atoms. The predicted octanol–water partition coefficient (Wildman–Crippen LogP) is 10.1. The Morgan fingerprint density at radius 3 is 1.17 bits per heavy atom. The van der Waals surface area contributed by atoms with Gasteiger partial charge in [0.15, 0.2) is 0 Å². The largest absolute Gasteiger partial charge is 0.345 e. The minimum Gasteiger partial charge on any atom is -0.345 e. The molecule has 0 fully saturated rings. The monoisotopic (exact) mass is 527 g/mol. The molecule has 6 aromatic carbocycles. The van der Waals surface area contributed by atoms with E-state index in [2.05, 4.69) is 137 Å². The molecule has 6 rings (SSSR count). The van der Waals surface area contributed by atoms with Crippen molar-refractivity contribution in [2.45, 2.75) is 0 Å². The summed E-state index contributed by atoms with van der Waals surface area (Å²) in [5.74, 6) is 0. The summed E-state index contributed by atoms with van der Waals surface area (Å²) in [7, 11) is 2.04. The zero-order chi connectivity index (χ0) is 28.0. The average molecular weight is 528 g/mol. The van der Waals surface area contributed by atoms with E-state index in [1.807, 2.05) is 43.4 Å². The summed E-state index contributed by atoms with van der Waals surface area (Å²) < 4.78 is 0. The van der Waals surface area contributed by atoms with Crippen molar-refractivity contribution in [3.63, 3.8) is 0 Å². The molecule has 0 spiro atoms. The molecule has 3 heteroatoms. The third kappa shape index (κ3) is 5.59. The van der Waals surface area contributed by atoms with Crippen molar-refractivity contribution in [3.05, 3.63) is 163 Å². The smallest absolute Gasteiger partial charge is 0.0991 e. The van der Waals surface area contributed by atoms with Gasteiger partial charge in [0.25, 0.3) is 0 Å². The molecular weight excluding hydrogens is 498 g/mol. The second kappa shape index (κ2) is 11.7. The molecule has 0 aliphatic heterocycles. The van der Waals surface area contributed by atoms with Crippen LogP contribution in [0.25, 0.3) is 22.3 Å². The molecule has 0 radical (unpaired) electrons.